The number of likely N-dealkylation sites (tertiary alicyclic amines) is 1. The Labute approximate surface area is 191 Å². The molecule has 3 rings (SSSR count). The van der Waals surface area contributed by atoms with Crippen LogP contribution in [0.5, 0.6) is 0 Å². The molecule has 2 atom stereocenters. The zero-order valence-corrected chi connectivity index (χ0v) is 20.0. The second kappa shape index (κ2) is 11.8. The van der Waals surface area contributed by atoms with Crippen LogP contribution in [0.15, 0.2) is 17.6 Å². The fourth-order valence-corrected chi connectivity index (χ4v) is 4.15. The standard InChI is InChI=1S/C20H35N7O.HI/c1-4-11-21-20(22-14-19-25-24-15(2)26(19)3)23-16-9-12-27(13-10-16)17-7-5-6-8-18(17)28;/h4,16-18,28H,1,5-14H2,2-3H3,(H2,21,22,23);1H. The van der Waals surface area contributed by atoms with E-state index >= 15 is 0 Å². The number of aromatic nitrogens is 3. The molecular weight excluding hydrogens is 481 g/mol. The molecule has 1 saturated heterocycles. The number of aryl methyl sites for hydroxylation is 1. The monoisotopic (exact) mass is 517 g/mol. The average Bonchev–Trinajstić information content (AvgIpc) is 3.03. The number of guanidine groups is 1. The Hall–Kier alpha value is -1.20. The predicted octanol–water partition coefficient (Wildman–Crippen LogP) is 1.73. The summed E-state index contributed by atoms with van der Waals surface area (Å²) in [6.45, 7) is 8.91. The van der Waals surface area contributed by atoms with Crippen LogP contribution in [0.25, 0.3) is 0 Å². The van der Waals surface area contributed by atoms with Crippen LogP contribution in [0.2, 0.25) is 0 Å². The van der Waals surface area contributed by atoms with E-state index in [0.717, 1.165) is 62.8 Å². The van der Waals surface area contributed by atoms with E-state index in [0.29, 0.717) is 25.2 Å². The van der Waals surface area contributed by atoms with Crippen molar-refractivity contribution in [1.82, 2.24) is 30.3 Å². The predicted molar refractivity (Wildman–Crippen MR) is 126 cm³/mol. The van der Waals surface area contributed by atoms with Crippen molar-refractivity contribution >= 4 is 29.9 Å². The molecule has 2 aliphatic rings. The zero-order valence-electron chi connectivity index (χ0n) is 17.7. The SMILES string of the molecule is C=CCNC(=NCc1nnc(C)n1C)NC1CCN(C2CCCCC2O)CC1.I. The van der Waals surface area contributed by atoms with Crippen molar-refractivity contribution in [3.05, 3.63) is 24.3 Å². The normalized spacial score (nSPS) is 24.0. The molecule has 1 aromatic rings. The quantitative estimate of drug-likeness (QED) is 0.231. The lowest BCUT2D eigenvalue weighted by molar-refractivity contribution is 0.00810. The molecule has 0 radical (unpaired) electrons. The van der Waals surface area contributed by atoms with E-state index in [-0.39, 0.29) is 30.1 Å². The van der Waals surface area contributed by atoms with Crippen molar-refractivity contribution < 1.29 is 5.11 Å². The second-order valence-electron chi connectivity index (χ2n) is 7.93. The maximum atomic E-state index is 10.3. The minimum absolute atomic E-state index is 0. The van der Waals surface area contributed by atoms with E-state index < -0.39 is 0 Å². The number of nitrogens with one attached hydrogen (secondary N) is 2. The van der Waals surface area contributed by atoms with Gasteiger partial charge in [-0.15, -0.1) is 40.8 Å². The summed E-state index contributed by atoms with van der Waals surface area (Å²) in [5.41, 5.74) is 0. The number of halogens is 1. The highest BCUT2D eigenvalue weighted by atomic mass is 127. The Morgan fingerprint density at radius 2 is 1.97 bits per heavy atom. The molecule has 0 bridgehead atoms. The minimum Gasteiger partial charge on any atom is -0.391 e. The van der Waals surface area contributed by atoms with Gasteiger partial charge in [-0.25, -0.2) is 4.99 Å². The fraction of sp³-hybridized carbons (Fsp3) is 0.750. The maximum Gasteiger partial charge on any atom is 0.192 e. The van der Waals surface area contributed by atoms with Gasteiger partial charge in [-0.05, 0) is 32.6 Å². The largest absolute Gasteiger partial charge is 0.391 e. The van der Waals surface area contributed by atoms with Crippen molar-refractivity contribution in [2.45, 2.75) is 70.2 Å². The van der Waals surface area contributed by atoms with Gasteiger partial charge in [0.1, 0.15) is 12.4 Å². The first-order chi connectivity index (χ1) is 13.6. The van der Waals surface area contributed by atoms with Crippen molar-refractivity contribution in [3.63, 3.8) is 0 Å². The maximum absolute atomic E-state index is 10.3. The van der Waals surface area contributed by atoms with E-state index in [1.807, 2.05) is 24.6 Å². The van der Waals surface area contributed by atoms with Crippen molar-refractivity contribution in [3.8, 4) is 0 Å². The van der Waals surface area contributed by atoms with Gasteiger partial charge in [0.25, 0.3) is 0 Å². The van der Waals surface area contributed by atoms with Crippen molar-refractivity contribution in [2.24, 2.45) is 12.0 Å². The molecule has 1 aliphatic heterocycles. The van der Waals surface area contributed by atoms with Gasteiger partial charge in [0, 0.05) is 38.8 Å². The first-order valence-electron chi connectivity index (χ1n) is 10.5. The van der Waals surface area contributed by atoms with E-state index in [9.17, 15) is 5.11 Å². The Bertz CT molecular complexity index is 670. The number of nitrogens with zero attached hydrogens (tertiary/aromatic N) is 5. The zero-order chi connectivity index (χ0) is 19.9. The van der Waals surface area contributed by atoms with Crippen LogP contribution >= 0.6 is 24.0 Å². The molecule has 29 heavy (non-hydrogen) atoms. The molecule has 2 unspecified atom stereocenters. The van der Waals surface area contributed by atoms with Crippen LogP contribution in [-0.2, 0) is 13.6 Å². The summed E-state index contributed by atoms with van der Waals surface area (Å²) in [6.07, 6.45) is 8.27. The number of piperidine rings is 1. The van der Waals surface area contributed by atoms with Crippen molar-refractivity contribution in [1.29, 1.82) is 0 Å². The molecule has 164 valence electrons. The van der Waals surface area contributed by atoms with Gasteiger partial charge >= 0.3 is 0 Å². The summed E-state index contributed by atoms with van der Waals surface area (Å²) < 4.78 is 1.96. The van der Waals surface area contributed by atoms with Crippen LogP contribution in [0.4, 0.5) is 0 Å². The lowest BCUT2D eigenvalue weighted by Gasteiger charge is -2.41. The number of hydrogen-bond donors (Lipinski definition) is 3. The van der Waals surface area contributed by atoms with Crippen molar-refractivity contribution in [2.75, 3.05) is 19.6 Å². The number of aliphatic hydroxyl groups excluding tert-OH is 1. The first-order valence-corrected chi connectivity index (χ1v) is 10.5. The molecule has 1 saturated carbocycles. The molecule has 1 aromatic heterocycles. The number of aliphatic hydroxyl groups is 1. The summed E-state index contributed by atoms with van der Waals surface area (Å²) in [4.78, 5) is 7.17. The van der Waals surface area contributed by atoms with Crippen LogP contribution in [0, 0.1) is 6.92 Å². The summed E-state index contributed by atoms with van der Waals surface area (Å²) in [6, 6.07) is 0.732. The van der Waals surface area contributed by atoms with Gasteiger partial charge in [0.2, 0.25) is 0 Å². The fourth-order valence-electron chi connectivity index (χ4n) is 4.15. The molecular formula is C20H36IN7O. The molecule has 0 aromatic carbocycles. The first kappa shape index (κ1) is 24.1. The number of hydrogen-bond acceptors (Lipinski definition) is 5. The molecule has 2 heterocycles. The van der Waals surface area contributed by atoms with Gasteiger partial charge in [0.05, 0.1) is 6.10 Å². The Morgan fingerprint density at radius 1 is 1.24 bits per heavy atom. The third-order valence-electron chi connectivity index (χ3n) is 6.01. The summed E-state index contributed by atoms with van der Waals surface area (Å²) in [5.74, 6) is 2.52. The van der Waals surface area contributed by atoms with Gasteiger partial charge in [-0.2, -0.15) is 0 Å². The van der Waals surface area contributed by atoms with Gasteiger partial charge < -0.3 is 20.3 Å². The molecule has 8 nitrogen and oxygen atoms in total. The average molecular weight is 517 g/mol. The minimum atomic E-state index is -0.153. The highest BCUT2D eigenvalue weighted by Crippen LogP contribution is 2.25. The third-order valence-corrected chi connectivity index (χ3v) is 6.01. The van der Waals surface area contributed by atoms with Crippen LogP contribution in [0.3, 0.4) is 0 Å². The third kappa shape index (κ3) is 6.65. The molecule has 0 spiro atoms. The Morgan fingerprint density at radius 3 is 2.59 bits per heavy atom. The van der Waals surface area contributed by atoms with E-state index in [1.165, 1.54) is 6.42 Å². The van der Waals surface area contributed by atoms with E-state index in [2.05, 4.69) is 32.3 Å². The molecule has 2 fully saturated rings. The second-order valence-corrected chi connectivity index (χ2v) is 7.93. The molecule has 1 aliphatic carbocycles. The molecule has 9 heteroatoms. The number of aliphatic imine (C=N–C) groups is 1. The van der Waals surface area contributed by atoms with E-state index in [1.54, 1.807) is 0 Å². The lowest BCUT2D eigenvalue weighted by atomic mass is 9.89. The van der Waals surface area contributed by atoms with E-state index in [4.69, 9.17) is 4.99 Å². The highest BCUT2D eigenvalue weighted by Gasteiger charge is 2.31. The molecule has 0 amide bonds. The lowest BCUT2D eigenvalue weighted by Crippen LogP contribution is -2.53. The summed E-state index contributed by atoms with van der Waals surface area (Å²) >= 11 is 0. The highest BCUT2D eigenvalue weighted by molar-refractivity contribution is 14.0. The van der Waals surface area contributed by atoms with Gasteiger partial charge in [-0.1, -0.05) is 18.9 Å². The molecule has 3 N–H and O–H groups in total. The number of rotatable bonds is 6. The topological polar surface area (TPSA) is 90.6 Å². The van der Waals surface area contributed by atoms with Crippen LogP contribution in [0.1, 0.15) is 50.2 Å². The Kier molecular flexibility index (Phi) is 9.84. The van der Waals surface area contributed by atoms with Crippen LogP contribution in [-0.4, -0.2) is 68.6 Å². The smallest absolute Gasteiger partial charge is 0.192 e. The van der Waals surface area contributed by atoms with Gasteiger partial charge in [-0.3, -0.25) is 4.90 Å². The van der Waals surface area contributed by atoms with Crippen LogP contribution < -0.4 is 10.6 Å². The summed E-state index contributed by atoms with van der Waals surface area (Å²) in [5, 5.41) is 25.5. The Balaban J connectivity index is 0.00000300. The summed E-state index contributed by atoms with van der Waals surface area (Å²) in [7, 11) is 1.96. The van der Waals surface area contributed by atoms with Gasteiger partial charge in [0.15, 0.2) is 11.8 Å².